The average molecular weight is 331 g/mol. The molecular weight excluding hydrogens is 315 g/mol. The van der Waals surface area contributed by atoms with E-state index in [1.54, 1.807) is 0 Å². The van der Waals surface area contributed by atoms with Crippen LogP contribution in [0.2, 0.25) is 0 Å². The van der Waals surface area contributed by atoms with Gasteiger partial charge >= 0.3 is 6.18 Å². The molecule has 0 spiro atoms. The van der Waals surface area contributed by atoms with E-state index in [0.717, 1.165) is 6.07 Å². The number of amides is 1. The van der Waals surface area contributed by atoms with E-state index >= 15 is 0 Å². The molecule has 1 aliphatic carbocycles. The SMILES string of the molecule is Nc1ccc(C(=O)N[C@@H]2CCC[C@H](C(F)(F)F)C2)cc1[N+](=O)[O-]. The number of carbonyl (C=O) groups excluding carboxylic acids is 1. The molecule has 1 aromatic rings. The van der Waals surface area contributed by atoms with Crippen LogP contribution in [0.15, 0.2) is 18.2 Å². The van der Waals surface area contributed by atoms with Crippen LogP contribution in [-0.4, -0.2) is 23.0 Å². The third-order valence-corrected chi connectivity index (χ3v) is 3.96. The van der Waals surface area contributed by atoms with Gasteiger partial charge in [0.25, 0.3) is 11.6 Å². The van der Waals surface area contributed by atoms with Crippen LogP contribution in [0.1, 0.15) is 36.0 Å². The standard InChI is InChI=1S/C14H16F3N3O3/c15-14(16,17)9-2-1-3-10(7-9)19-13(21)8-4-5-11(18)12(6-8)20(22)23/h4-6,9-10H,1-3,7,18H2,(H,19,21)/t9-,10+/m0/s1. The molecule has 0 aromatic heterocycles. The summed E-state index contributed by atoms with van der Waals surface area (Å²) in [6.45, 7) is 0. The van der Waals surface area contributed by atoms with Gasteiger partial charge in [-0.2, -0.15) is 13.2 Å². The van der Waals surface area contributed by atoms with Gasteiger partial charge in [-0.3, -0.25) is 14.9 Å². The van der Waals surface area contributed by atoms with Crippen molar-refractivity contribution in [3.63, 3.8) is 0 Å². The number of nitro benzene ring substituents is 1. The van der Waals surface area contributed by atoms with Crippen LogP contribution in [-0.2, 0) is 0 Å². The third kappa shape index (κ3) is 4.11. The van der Waals surface area contributed by atoms with Gasteiger partial charge in [0.1, 0.15) is 5.69 Å². The molecule has 3 N–H and O–H groups in total. The highest BCUT2D eigenvalue weighted by molar-refractivity contribution is 5.95. The van der Waals surface area contributed by atoms with Gasteiger partial charge in [0.15, 0.2) is 0 Å². The summed E-state index contributed by atoms with van der Waals surface area (Å²) in [7, 11) is 0. The highest BCUT2D eigenvalue weighted by Gasteiger charge is 2.42. The number of nitrogen functional groups attached to an aromatic ring is 1. The molecule has 0 saturated heterocycles. The van der Waals surface area contributed by atoms with Crippen molar-refractivity contribution in [3.8, 4) is 0 Å². The molecule has 0 heterocycles. The van der Waals surface area contributed by atoms with Crippen LogP contribution in [0, 0.1) is 16.0 Å². The van der Waals surface area contributed by atoms with Crippen molar-refractivity contribution >= 4 is 17.3 Å². The van der Waals surface area contributed by atoms with Crippen LogP contribution in [0.4, 0.5) is 24.5 Å². The van der Waals surface area contributed by atoms with Crippen molar-refractivity contribution in [3.05, 3.63) is 33.9 Å². The molecule has 9 heteroatoms. The maximum atomic E-state index is 12.8. The Kier molecular flexibility index (Phi) is 4.76. The van der Waals surface area contributed by atoms with E-state index in [9.17, 15) is 28.1 Å². The summed E-state index contributed by atoms with van der Waals surface area (Å²) in [5.74, 6) is -2.07. The Hall–Kier alpha value is -2.32. The maximum absolute atomic E-state index is 12.8. The van der Waals surface area contributed by atoms with Gasteiger partial charge in [-0.25, -0.2) is 0 Å². The normalized spacial score (nSPS) is 21.7. The second-order valence-electron chi connectivity index (χ2n) is 5.61. The smallest absolute Gasteiger partial charge is 0.391 e. The summed E-state index contributed by atoms with van der Waals surface area (Å²) < 4.78 is 38.3. The van der Waals surface area contributed by atoms with Gasteiger partial charge in [0, 0.05) is 17.7 Å². The molecule has 6 nitrogen and oxygen atoms in total. The fourth-order valence-electron chi connectivity index (χ4n) is 2.73. The number of nitrogens with zero attached hydrogens (tertiary/aromatic N) is 1. The molecule has 1 fully saturated rings. The molecule has 126 valence electrons. The van der Waals surface area contributed by atoms with Crippen molar-refractivity contribution in [2.45, 2.75) is 37.9 Å². The molecule has 0 bridgehead atoms. The predicted molar refractivity (Wildman–Crippen MR) is 76.8 cm³/mol. The molecule has 2 atom stereocenters. The van der Waals surface area contributed by atoms with Crippen LogP contribution in [0.5, 0.6) is 0 Å². The summed E-state index contributed by atoms with van der Waals surface area (Å²) in [6, 6.07) is 2.96. The Morgan fingerprint density at radius 1 is 1.35 bits per heavy atom. The molecule has 23 heavy (non-hydrogen) atoms. The minimum atomic E-state index is -4.27. The number of nitro groups is 1. The summed E-state index contributed by atoms with van der Waals surface area (Å²) in [5.41, 5.74) is 4.95. The van der Waals surface area contributed by atoms with Crippen LogP contribution < -0.4 is 11.1 Å². The number of anilines is 1. The Balaban J connectivity index is 2.07. The molecular formula is C14H16F3N3O3. The first-order valence-electron chi connectivity index (χ1n) is 7.10. The summed E-state index contributed by atoms with van der Waals surface area (Å²) in [6.07, 6.45) is -3.56. The lowest BCUT2D eigenvalue weighted by molar-refractivity contribution is -0.383. The first-order valence-corrected chi connectivity index (χ1v) is 7.10. The quantitative estimate of drug-likeness (QED) is 0.505. The van der Waals surface area contributed by atoms with E-state index in [4.69, 9.17) is 5.73 Å². The second kappa shape index (κ2) is 6.43. The number of hydrogen-bond acceptors (Lipinski definition) is 4. The average Bonchev–Trinajstić information content (AvgIpc) is 2.46. The zero-order valence-corrected chi connectivity index (χ0v) is 12.1. The largest absolute Gasteiger partial charge is 0.393 e. The fourth-order valence-corrected chi connectivity index (χ4v) is 2.73. The van der Waals surface area contributed by atoms with Gasteiger partial charge in [-0.05, 0) is 31.4 Å². The van der Waals surface area contributed by atoms with Crippen LogP contribution in [0.3, 0.4) is 0 Å². The minimum Gasteiger partial charge on any atom is -0.393 e. The van der Waals surface area contributed by atoms with Gasteiger partial charge in [0.05, 0.1) is 10.8 Å². The molecule has 1 amide bonds. The van der Waals surface area contributed by atoms with Crippen LogP contribution >= 0.6 is 0 Å². The lowest BCUT2D eigenvalue weighted by atomic mass is 9.85. The number of hydrogen-bond donors (Lipinski definition) is 2. The zero-order chi connectivity index (χ0) is 17.2. The van der Waals surface area contributed by atoms with E-state index in [2.05, 4.69) is 5.32 Å². The van der Waals surface area contributed by atoms with Crippen molar-refractivity contribution < 1.29 is 22.9 Å². The van der Waals surface area contributed by atoms with Gasteiger partial charge in [-0.15, -0.1) is 0 Å². The minimum absolute atomic E-state index is 0.0000298. The summed E-state index contributed by atoms with van der Waals surface area (Å²) in [4.78, 5) is 22.2. The maximum Gasteiger partial charge on any atom is 0.391 e. The number of alkyl halides is 3. The van der Waals surface area contributed by atoms with Crippen LogP contribution in [0.25, 0.3) is 0 Å². The van der Waals surface area contributed by atoms with E-state index in [1.807, 2.05) is 0 Å². The molecule has 1 aromatic carbocycles. The van der Waals surface area contributed by atoms with Gasteiger partial charge in [-0.1, -0.05) is 6.42 Å². The van der Waals surface area contributed by atoms with Gasteiger partial charge < -0.3 is 11.1 Å². The summed E-state index contributed by atoms with van der Waals surface area (Å²) in [5, 5.41) is 13.3. The number of halogens is 3. The number of carbonyl (C=O) groups is 1. The topological polar surface area (TPSA) is 98.3 Å². The number of benzene rings is 1. The van der Waals surface area contributed by atoms with Crippen molar-refractivity contribution in [2.75, 3.05) is 5.73 Å². The van der Waals surface area contributed by atoms with Gasteiger partial charge in [0.2, 0.25) is 0 Å². The number of rotatable bonds is 3. The first-order chi connectivity index (χ1) is 10.7. The van der Waals surface area contributed by atoms with Crippen molar-refractivity contribution in [2.24, 2.45) is 5.92 Å². The second-order valence-corrected chi connectivity index (χ2v) is 5.61. The molecule has 1 saturated carbocycles. The Morgan fingerprint density at radius 2 is 2.04 bits per heavy atom. The third-order valence-electron chi connectivity index (χ3n) is 3.96. The first kappa shape index (κ1) is 17.0. The lowest BCUT2D eigenvalue weighted by Crippen LogP contribution is -2.41. The molecule has 1 aliphatic rings. The van der Waals surface area contributed by atoms with E-state index in [1.165, 1.54) is 12.1 Å². The molecule has 0 radical (unpaired) electrons. The Bertz CT molecular complexity index is 619. The van der Waals surface area contributed by atoms with E-state index in [-0.39, 0.29) is 24.1 Å². The van der Waals surface area contributed by atoms with E-state index < -0.39 is 34.7 Å². The Morgan fingerprint density at radius 3 is 2.65 bits per heavy atom. The Labute approximate surface area is 130 Å². The zero-order valence-electron chi connectivity index (χ0n) is 12.1. The number of nitrogens with one attached hydrogen (secondary N) is 1. The number of nitrogens with two attached hydrogens (primary N) is 1. The van der Waals surface area contributed by atoms with Crippen molar-refractivity contribution in [1.29, 1.82) is 0 Å². The molecule has 0 unspecified atom stereocenters. The summed E-state index contributed by atoms with van der Waals surface area (Å²) >= 11 is 0. The highest BCUT2D eigenvalue weighted by Crippen LogP contribution is 2.37. The molecule has 0 aliphatic heterocycles. The fraction of sp³-hybridized carbons (Fsp3) is 0.500. The highest BCUT2D eigenvalue weighted by atomic mass is 19.4. The molecule has 2 rings (SSSR count). The van der Waals surface area contributed by atoms with Crippen molar-refractivity contribution in [1.82, 2.24) is 5.32 Å². The lowest BCUT2D eigenvalue weighted by Gasteiger charge is -2.31. The van der Waals surface area contributed by atoms with E-state index in [0.29, 0.717) is 12.8 Å². The predicted octanol–water partition coefficient (Wildman–Crippen LogP) is 3.03. The monoisotopic (exact) mass is 331 g/mol.